The van der Waals surface area contributed by atoms with Crippen molar-refractivity contribution in [2.24, 2.45) is 0 Å². The number of hydrogen-bond acceptors (Lipinski definition) is 1. The fourth-order valence-electron chi connectivity index (χ4n) is 2.76. The zero-order chi connectivity index (χ0) is 13.2. The average molecular weight is 316 g/mol. The van der Waals surface area contributed by atoms with Gasteiger partial charge in [0.1, 0.15) is 0 Å². The van der Waals surface area contributed by atoms with E-state index in [0.29, 0.717) is 0 Å². The second-order valence-corrected chi connectivity index (χ2v) is 6.19. The van der Waals surface area contributed by atoms with Crippen LogP contribution in [0.2, 0.25) is 0 Å². The van der Waals surface area contributed by atoms with Crippen molar-refractivity contribution < 1.29 is 0 Å². The molecule has 0 unspecified atom stereocenters. The van der Waals surface area contributed by atoms with Crippen LogP contribution in [-0.4, -0.2) is 0 Å². The molecule has 1 N–H and O–H groups in total. The molecule has 0 fully saturated rings. The molecule has 0 heterocycles. The highest BCUT2D eigenvalue weighted by molar-refractivity contribution is 9.10. The zero-order valence-corrected chi connectivity index (χ0v) is 12.8. The molecule has 0 atom stereocenters. The molecular formula is C17H18BrN. The number of rotatable bonds is 3. The number of fused-ring (bicyclic) bond motifs is 1. The van der Waals surface area contributed by atoms with E-state index in [4.69, 9.17) is 0 Å². The van der Waals surface area contributed by atoms with Gasteiger partial charge in [0.25, 0.3) is 0 Å². The van der Waals surface area contributed by atoms with Gasteiger partial charge in [-0.25, -0.2) is 0 Å². The van der Waals surface area contributed by atoms with Crippen molar-refractivity contribution >= 4 is 21.6 Å². The summed E-state index contributed by atoms with van der Waals surface area (Å²) in [6.45, 7) is 3.03. The highest BCUT2D eigenvalue weighted by atomic mass is 79.9. The summed E-state index contributed by atoms with van der Waals surface area (Å²) >= 11 is 3.50. The first-order valence-corrected chi connectivity index (χ1v) is 7.62. The fraction of sp³-hybridized carbons (Fsp3) is 0.294. The molecule has 0 spiro atoms. The maximum atomic E-state index is 3.53. The minimum atomic E-state index is 0.899. The van der Waals surface area contributed by atoms with Crippen LogP contribution < -0.4 is 5.32 Å². The third-order valence-corrected chi connectivity index (χ3v) is 4.33. The molecule has 2 aromatic rings. The Labute approximate surface area is 123 Å². The Bertz CT molecular complexity index is 604. The second kappa shape index (κ2) is 5.38. The molecule has 1 aliphatic rings. The summed E-state index contributed by atoms with van der Waals surface area (Å²) in [5.41, 5.74) is 6.96. The minimum Gasteiger partial charge on any atom is -0.381 e. The summed E-state index contributed by atoms with van der Waals surface area (Å²) < 4.78 is 1.13. The number of anilines is 1. The standard InChI is InChI=1S/C17H18BrN/c1-12-9-16(18)7-8-17(12)19-11-13-5-6-14-3-2-4-15(14)10-13/h5-10,19H,2-4,11H2,1H3. The molecule has 0 radical (unpaired) electrons. The van der Waals surface area contributed by atoms with Crippen molar-refractivity contribution in [1.29, 1.82) is 0 Å². The molecule has 0 aliphatic heterocycles. The highest BCUT2D eigenvalue weighted by Gasteiger charge is 2.10. The van der Waals surface area contributed by atoms with Crippen molar-refractivity contribution in [2.75, 3.05) is 5.32 Å². The third-order valence-electron chi connectivity index (χ3n) is 3.83. The first-order valence-electron chi connectivity index (χ1n) is 6.83. The summed E-state index contributed by atoms with van der Waals surface area (Å²) in [4.78, 5) is 0. The summed E-state index contributed by atoms with van der Waals surface area (Å²) in [6, 6.07) is 13.3. The van der Waals surface area contributed by atoms with Gasteiger partial charge < -0.3 is 5.32 Å². The van der Waals surface area contributed by atoms with E-state index in [1.54, 1.807) is 11.1 Å². The van der Waals surface area contributed by atoms with Crippen LogP contribution >= 0.6 is 15.9 Å². The SMILES string of the molecule is Cc1cc(Br)ccc1NCc1ccc2c(c1)CCC2. The normalized spacial score (nSPS) is 13.4. The van der Waals surface area contributed by atoms with Crippen molar-refractivity contribution in [3.05, 3.63) is 63.1 Å². The van der Waals surface area contributed by atoms with Crippen LogP contribution in [0.4, 0.5) is 5.69 Å². The van der Waals surface area contributed by atoms with E-state index in [0.717, 1.165) is 11.0 Å². The molecule has 0 saturated carbocycles. The molecule has 1 aliphatic carbocycles. The minimum absolute atomic E-state index is 0.899. The van der Waals surface area contributed by atoms with Crippen LogP contribution in [0, 0.1) is 6.92 Å². The molecule has 98 valence electrons. The predicted molar refractivity (Wildman–Crippen MR) is 84.7 cm³/mol. The molecule has 1 nitrogen and oxygen atoms in total. The van der Waals surface area contributed by atoms with Crippen molar-refractivity contribution in [3.8, 4) is 0 Å². The Kier molecular flexibility index (Phi) is 3.61. The van der Waals surface area contributed by atoms with E-state index in [9.17, 15) is 0 Å². The van der Waals surface area contributed by atoms with E-state index in [1.807, 2.05) is 0 Å². The molecule has 2 heteroatoms. The van der Waals surface area contributed by atoms with Gasteiger partial charge in [-0.1, -0.05) is 34.1 Å². The monoisotopic (exact) mass is 315 g/mol. The maximum absolute atomic E-state index is 3.53. The molecule has 2 aromatic carbocycles. The lowest BCUT2D eigenvalue weighted by molar-refractivity contribution is 0.911. The van der Waals surface area contributed by atoms with Gasteiger partial charge in [0.05, 0.1) is 0 Å². The van der Waals surface area contributed by atoms with Crippen molar-refractivity contribution in [1.82, 2.24) is 0 Å². The lowest BCUT2D eigenvalue weighted by Crippen LogP contribution is -2.01. The summed E-state index contributed by atoms with van der Waals surface area (Å²) in [6.07, 6.45) is 3.83. The first kappa shape index (κ1) is 12.7. The van der Waals surface area contributed by atoms with Crippen LogP contribution in [0.1, 0.15) is 28.7 Å². The van der Waals surface area contributed by atoms with Crippen molar-refractivity contribution in [3.63, 3.8) is 0 Å². The predicted octanol–water partition coefficient (Wildman–Crippen LogP) is 4.86. The number of hydrogen-bond donors (Lipinski definition) is 1. The van der Waals surface area contributed by atoms with Crippen LogP contribution in [0.5, 0.6) is 0 Å². The summed E-state index contributed by atoms with van der Waals surface area (Å²) in [5.74, 6) is 0. The van der Waals surface area contributed by atoms with Crippen LogP contribution in [0.25, 0.3) is 0 Å². The molecule has 0 aromatic heterocycles. The van der Waals surface area contributed by atoms with Gasteiger partial charge in [0, 0.05) is 16.7 Å². The second-order valence-electron chi connectivity index (χ2n) is 5.27. The average Bonchev–Trinajstić information content (AvgIpc) is 2.85. The lowest BCUT2D eigenvalue weighted by atomic mass is 10.1. The largest absolute Gasteiger partial charge is 0.381 e. The molecule has 0 saturated heterocycles. The topological polar surface area (TPSA) is 12.0 Å². The Morgan fingerprint density at radius 1 is 1.05 bits per heavy atom. The summed E-state index contributed by atoms with van der Waals surface area (Å²) in [5, 5.41) is 3.53. The molecular weight excluding hydrogens is 298 g/mol. The van der Waals surface area contributed by atoms with Crippen LogP contribution in [0.3, 0.4) is 0 Å². The Hall–Kier alpha value is -1.28. The molecule has 19 heavy (non-hydrogen) atoms. The Balaban J connectivity index is 1.72. The van der Waals surface area contributed by atoms with Crippen LogP contribution in [-0.2, 0) is 19.4 Å². The lowest BCUT2D eigenvalue weighted by Gasteiger charge is -2.11. The Morgan fingerprint density at radius 3 is 2.74 bits per heavy atom. The van der Waals surface area contributed by atoms with E-state index in [-0.39, 0.29) is 0 Å². The van der Waals surface area contributed by atoms with E-state index in [1.165, 1.54) is 36.1 Å². The van der Waals surface area contributed by atoms with Crippen molar-refractivity contribution in [2.45, 2.75) is 32.7 Å². The highest BCUT2D eigenvalue weighted by Crippen LogP contribution is 2.24. The third kappa shape index (κ3) is 2.84. The van der Waals surface area contributed by atoms with E-state index >= 15 is 0 Å². The van der Waals surface area contributed by atoms with Crippen LogP contribution in [0.15, 0.2) is 40.9 Å². The number of benzene rings is 2. The zero-order valence-electron chi connectivity index (χ0n) is 11.2. The van der Waals surface area contributed by atoms with Gasteiger partial charge in [0.15, 0.2) is 0 Å². The molecule has 3 rings (SSSR count). The molecule has 0 amide bonds. The number of nitrogens with one attached hydrogen (secondary N) is 1. The van der Waals surface area contributed by atoms with Gasteiger partial charge in [-0.3, -0.25) is 0 Å². The van der Waals surface area contributed by atoms with E-state index in [2.05, 4.69) is 64.6 Å². The Morgan fingerprint density at radius 2 is 1.89 bits per heavy atom. The maximum Gasteiger partial charge on any atom is 0.0400 e. The first-order chi connectivity index (χ1) is 9.22. The summed E-state index contributed by atoms with van der Waals surface area (Å²) in [7, 11) is 0. The van der Waals surface area contributed by atoms with E-state index < -0.39 is 0 Å². The van der Waals surface area contributed by atoms with Gasteiger partial charge in [-0.05, 0) is 66.6 Å². The van der Waals surface area contributed by atoms with Gasteiger partial charge in [0.2, 0.25) is 0 Å². The van der Waals surface area contributed by atoms with Gasteiger partial charge >= 0.3 is 0 Å². The number of aryl methyl sites for hydroxylation is 3. The van der Waals surface area contributed by atoms with Gasteiger partial charge in [-0.15, -0.1) is 0 Å². The smallest absolute Gasteiger partial charge is 0.0400 e. The van der Waals surface area contributed by atoms with Gasteiger partial charge in [-0.2, -0.15) is 0 Å². The molecule has 0 bridgehead atoms. The quantitative estimate of drug-likeness (QED) is 0.853. The number of halogens is 1. The fourth-order valence-corrected chi connectivity index (χ4v) is 3.23.